The number of hydrogen-bond donors (Lipinski definition) is 1. The van der Waals surface area contributed by atoms with Gasteiger partial charge in [-0.3, -0.25) is 9.59 Å². The maximum absolute atomic E-state index is 12.8. The zero-order valence-corrected chi connectivity index (χ0v) is 18.7. The minimum atomic E-state index is -3.63. The molecule has 9 heteroatoms. The Morgan fingerprint density at radius 2 is 1.87 bits per heavy atom. The van der Waals surface area contributed by atoms with E-state index in [1.54, 1.807) is 62.3 Å². The van der Waals surface area contributed by atoms with Crippen molar-refractivity contribution in [2.24, 2.45) is 5.92 Å². The van der Waals surface area contributed by atoms with Crippen LogP contribution < -0.4 is 15.0 Å². The van der Waals surface area contributed by atoms with Gasteiger partial charge in [0.05, 0.1) is 17.9 Å². The molecule has 0 aromatic heterocycles. The van der Waals surface area contributed by atoms with Gasteiger partial charge < -0.3 is 15.0 Å². The Kier molecular flexibility index (Phi) is 6.97. The van der Waals surface area contributed by atoms with Crippen LogP contribution in [0.25, 0.3) is 0 Å². The van der Waals surface area contributed by atoms with E-state index in [0.717, 1.165) is 0 Å². The molecule has 0 bridgehead atoms. The summed E-state index contributed by atoms with van der Waals surface area (Å²) in [7, 11) is -2.08. The average molecular weight is 446 g/mol. The summed E-state index contributed by atoms with van der Waals surface area (Å²) in [6.07, 6.45) is 0.0838. The largest absolute Gasteiger partial charge is 0.497 e. The molecule has 1 fully saturated rings. The normalized spacial score (nSPS) is 16.6. The highest BCUT2D eigenvalue weighted by Crippen LogP contribution is 2.29. The quantitative estimate of drug-likeness (QED) is 0.674. The van der Waals surface area contributed by atoms with Gasteiger partial charge in [-0.15, -0.1) is 0 Å². The van der Waals surface area contributed by atoms with Gasteiger partial charge in [0.1, 0.15) is 5.75 Å². The first-order valence-electron chi connectivity index (χ1n) is 10.2. The van der Waals surface area contributed by atoms with Crippen LogP contribution >= 0.6 is 0 Å². The van der Waals surface area contributed by atoms with Crippen molar-refractivity contribution in [3.05, 3.63) is 48.5 Å². The van der Waals surface area contributed by atoms with Crippen LogP contribution in [0.1, 0.15) is 20.3 Å². The van der Waals surface area contributed by atoms with Crippen molar-refractivity contribution in [3.8, 4) is 5.75 Å². The summed E-state index contributed by atoms with van der Waals surface area (Å²) in [5.41, 5.74) is 1.05. The number of benzene rings is 2. The minimum Gasteiger partial charge on any atom is -0.497 e. The molecule has 2 amide bonds. The van der Waals surface area contributed by atoms with E-state index < -0.39 is 15.9 Å². The van der Waals surface area contributed by atoms with E-state index in [4.69, 9.17) is 4.74 Å². The molecule has 1 atom stereocenters. The topological polar surface area (TPSA) is 96.0 Å². The van der Waals surface area contributed by atoms with Crippen LogP contribution in [0.4, 0.5) is 11.4 Å². The Hall–Kier alpha value is -2.91. The monoisotopic (exact) mass is 445 g/mol. The van der Waals surface area contributed by atoms with Crippen LogP contribution in [-0.4, -0.2) is 51.3 Å². The van der Waals surface area contributed by atoms with Crippen molar-refractivity contribution in [2.45, 2.75) is 25.2 Å². The van der Waals surface area contributed by atoms with Crippen LogP contribution in [0.15, 0.2) is 53.4 Å². The molecule has 8 nitrogen and oxygen atoms in total. The second-order valence-electron chi connectivity index (χ2n) is 7.21. The number of rotatable bonds is 8. The second-order valence-corrected chi connectivity index (χ2v) is 9.15. The highest BCUT2D eigenvalue weighted by molar-refractivity contribution is 7.89. The lowest BCUT2D eigenvalue weighted by molar-refractivity contribution is -0.122. The van der Waals surface area contributed by atoms with Crippen molar-refractivity contribution in [2.75, 3.05) is 37.0 Å². The number of nitrogens with one attached hydrogen (secondary N) is 1. The average Bonchev–Trinajstić information content (AvgIpc) is 3.16. The van der Waals surface area contributed by atoms with Crippen molar-refractivity contribution < 1.29 is 22.7 Å². The minimum absolute atomic E-state index is 0.0838. The predicted molar refractivity (Wildman–Crippen MR) is 119 cm³/mol. The molecule has 0 aliphatic carbocycles. The SMILES string of the molecule is CCN(CC)S(=O)(=O)c1cccc(NC(=O)[C@@H]2CC(=O)N(c3cccc(OC)c3)C2)c1. The number of carbonyl (C=O) groups excluding carboxylic acids is 2. The number of amides is 2. The highest BCUT2D eigenvalue weighted by atomic mass is 32.2. The summed E-state index contributed by atoms with van der Waals surface area (Å²) in [4.78, 5) is 27.0. The van der Waals surface area contributed by atoms with E-state index in [-0.39, 0.29) is 29.7 Å². The predicted octanol–water partition coefficient (Wildman–Crippen LogP) is 2.72. The van der Waals surface area contributed by atoms with Gasteiger partial charge in [-0.1, -0.05) is 26.0 Å². The molecule has 3 rings (SSSR count). The smallest absolute Gasteiger partial charge is 0.243 e. The zero-order valence-electron chi connectivity index (χ0n) is 17.9. The van der Waals surface area contributed by atoms with Gasteiger partial charge in [0.15, 0.2) is 0 Å². The second kappa shape index (κ2) is 9.49. The van der Waals surface area contributed by atoms with Crippen LogP contribution in [0.3, 0.4) is 0 Å². The molecule has 1 aliphatic rings. The first-order valence-corrected chi connectivity index (χ1v) is 11.6. The van der Waals surface area contributed by atoms with Crippen LogP contribution in [0.2, 0.25) is 0 Å². The maximum Gasteiger partial charge on any atom is 0.243 e. The number of nitrogens with zero attached hydrogens (tertiary/aromatic N) is 2. The third kappa shape index (κ3) is 4.88. The summed E-state index contributed by atoms with van der Waals surface area (Å²) in [5, 5.41) is 2.76. The van der Waals surface area contributed by atoms with Crippen molar-refractivity contribution >= 4 is 33.2 Å². The Balaban J connectivity index is 1.73. The number of methoxy groups -OCH3 is 1. The van der Waals surface area contributed by atoms with Crippen molar-refractivity contribution in [3.63, 3.8) is 0 Å². The molecule has 2 aromatic rings. The van der Waals surface area contributed by atoms with Gasteiger partial charge in [0.25, 0.3) is 0 Å². The lowest BCUT2D eigenvalue weighted by atomic mass is 10.1. The van der Waals surface area contributed by atoms with Gasteiger partial charge in [-0.05, 0) is 30.3 Å². The van der Waals surface area contributed by atoms with Gasteiger partial charge in [0.2, 0.25) is 21.8 Å². The lowest BCUT2D eigenvalue weighted by Gasteiger charge is -2.19. The van der Waals surface area contributed by atoms with Crippen LogP contribution in [0.5, 0.6) is 5.75 Å². The van der Waals surface area contributed by atoms with Gasteiger partial charge in [-0.2, -0.15) is 4.31 Å². The Bertz CT molecular complexity index is 1070. The third-order valence-corrected chi connectivity index (χ3v) is 7.35. The molecule has 166 valence electrons. The lowest BCUT2D eigenvalue weighted by Crippen LogP contribution is -2.31. The van der Waals surface area contributed by atoms with E-state index in [1.165, 1.54) is 16.4 Å². The number of hydrogen-bond acceptors (Lipinski definition) is 5. The van der Waals surface area contributed by atoms with Gasteiger partial charge in [0, 0.05) is 43.5 Å². The third-order valence-electron chi connectivity index (χ3n) is 5.31. The number of ether oxygens (including phenoxy) is 1. The van der Waals surface area contributed by atoms with E-state index in [2.05, 4.69) is 5.32 Å². The first kappa shape index (κ1) is 22.8. The summed E-state index contributed by atoms with van der Waals surface area (Å²) < 4.78 is 32.0. The van der Waals surface area contributed by atoms with E-state index in [1.807, 2.05) is 0 Å². The molecule has 31 heavy (non-hydrogen) atoms. The molecule has 1 heterocycles. The summed E-state index contributed by atoms with van der Waals surface area (Å²) in [6.45, 7) is 4.52. The van der Waals surface area contributed by atoms with Crippen LogP contribution in [-0.2, 0) is 19.6 Å². The molecular formula is C22H27N3O5S. The number of carbonyl (C=O) groups is 2. The summed E-state index contributed by atoms with van der Waals surface area (Å²) >= 11 is 0. The maximum atomic E-state index is 12.8. The zero-order chi connectivity index (χ0) is 22.6. The fraction of sp³-hybridized carbons (Fsp3) is 0.364. The molecular weight excluding hydrogens is 418 g/mol. The Morgan fingerprint density at radius 1 is 1.16 bits per heavy atom. The number of anilines is 2. The van der Waals surface area contributed by atoms with E-state index >= 15 is 0 Å². The molecule has 0 unspecified atom stereocenters. The molecule has 0 saturated carbocycles. The van der Waals surface area contributed by atoms with Gasteiger partial charge >= 0.3 is 0 Å². The molecule has 0 spiro atoms. The standard InChI is InChI=1S/C22H27N3O5S/c1-4-24(5-2)31(28,29)20-11-6-8-17(13-20)23-22(27)16-12-21(26)25(15-16)18-9-7-10-19(14-18)30-3/h6-11,13-14,16H,4-5,12,15H2,1-3H3,(H,23,27)/t16-/m1/s1. The first-order chi connectivity index (χ1) is 14.8. The number of sulfonamides is 1. The summed E-state index contributed by atoms with van der Waals surface area (Å²) in [5.74, 6) is -0.381. The fourth-order valence-electron chi connectivity index (χ4n) is 3.60. The molecule has 1 aliphatic heterocycles. The van der Waals surface area contributed by atoms with Crippen molar-refractivity contribution in [1.29, 1.82) is 0 Å². The molecule has 0 radical (unpaired) electrons. The Labute approximate surface area is 182 Å². The Morgan fingerprint density at radius 3 is 2.55 bits per heavy atom. The van der Waals surface area contributed by atoms with Gasteiger partial charge in [-0.25, -0.2) is 8.42 Å². The van der Waals surface area contributed by atoms with Crippen LogP contribution in [0, 0.1) is 5.92 Å². The molecule has 1 saturated heterocycles. The van der Waals surface area contributed by atoms with E-state index in [9.17, 15) is 18.0 Å². The molecule has 1 N–H and O–H groups in total. The van der Waals surface area contributed by atoms with Crippen molar-refractivity contribution in [1.82, 2.24) is 4.31 Å². The van der Waals surface area contributed by atoms with E-state index in [0.29, 0.717) is 30.2 Å². The summed E-state index contributed by atoms with van der Waals surface area (Å²) in [6, 6.07) is 13.3. The molecule has 2 aromatic carbocycles. The highest BCUT2D eigenvalue weighted by Gasteiger charge is 2.35. The fourth-order valence-corrected chi connectivity index (χ4v) is 5.11.